The van der Waals surface area contributed by atoms with Gasteiger partial charge in [0, 0.05) is 31.2 Å². The average Bonchev–Trinajstić information content (AvgIpc) is 3.28. The molecule has 2 atom stereocenters. The summed E-state index contributed by atoms with van der Waals surface area (Å²) in [5.74, 6) is 0.213. The minimum atomic E-state index is -0.144. The van der Waals surface area contributed by atoms with Gasteiger partial charge in [0.05, 0.1) is 24.2 Å². The molecule has 2 amide bonds. The second kappa shape index (κ2) is 6.46. The number of aryl methyl sites for hydroxylation is 2. The summed E-state index contributed by atoms with van der Waals surface area (Å²) in [5, 5.41) is 4.57. The molecule has 0 spiro atoms. The van der Waals surface area contributed by atoms with Crippen molar-refractivity contribution < 1.29 is 9.59 Å². The molecular weight excluding hydrogens is 316 g/mol. The van der Waals surface area contributed by atoms with Crippen molar-refractivity contribution in [2.75, 3.05) is 13.1 Å². The summed E-state index contributed by atoms with van der Waals surface area (Å²) in [6.07, 6.45) is 5.86. The first kappa shape index (κ1) is 16.6. The molecule has 0 bridgehead atoms. The van der Waals surface area contributed by atoms with Crippen molar-refractivity contribution in [1.82, 2.24) is 19.6 Å². The quantitative estimate of drug-likeness (QED) is 0.838. The highest BCUT2D eigenvalue weighted by molar-refractivity contribution is 5.89. The Morgan fingerprint density at radius 3 is 2.72 bits per heavy atom. The fourth-order valence-corrected chi connectivity index (χ4v) is 4.41. The fourth-order valence-electron chi connectivity index (χ4n) is 4.41. The Hall–Kier alpha value is -1.85. The molecule has 0 aromatic carbocycles. The Kier molecular flexibility index (Phi) is 4.29. The number of nitrogens with zero attached hydrogens (tertiary/aromatic N) is 4. The van der Waals surface area contributed by atoms with Crippen molar-refractivity contribution in [2.45, 2.75) is 71.0 Å². The van der Waals surface area contributed by atoms with Gasteiger partial charge in [0.2, 0.25) is 11.8 Å². The molecule has 0 radical (unpaired) electrons. The van der Waals surface area contributed by atoms with Gasteiger partial charge in [-0.2, -0.15) is 5.10 Å². The lowest BCUT2D eigenvalue weighted by molar-refractivity contribution is -0.139. The molecule has 2 saturated heterocycles. The van der Waals surface area contributed by atoms with Gasteiger partial charge in [-0.25, -0.2) is 0 Å². The molecule has 3 aliphatic rings. The number of rotatable bonds is 4. The molecule has 1 aromatic rings. The second-order valence-electron chi connectivity index (χ2n) is 7.97. The van der Waals surface area contributed by atoms with Crippen molar-refractivity contribution in [1.29, 1.82) is 0 Å². The summed E-state index contributed by atoms with van der Waals surface area (Å²) < 4.78 is 2.03. The number of amides is 2. The number of likely N-dealkylation sites (tertiary alicyclic amines) is 2. The van der Waals surface area contributed by atoms with Gasteiger partial charge in [-0.15, -0.1) is 0 Å². The predicted octanol–water partition coefficient (Wildman–Crippen LogP) is 1.89. The monoisotopic (exact) mass is 344 g/mol. The van der Waals surface area contributed by atoms with Crippen LogP contribution in [0.1, 0.15) is 49.9 Å². The van der Waals surface area contributed by atoms with E-state index in [1.807, 2.05) is 21.4 Å². The van der Waals surface area contributed by atoms with Crippen LogP contribution >= 0.6 is 0 Å². The molecule has 1 saturated carbocycles. The maximum absolute atomic E-state index is 13.1. The van der Waals surface area contributed by atoms with Crippen LogP contribution in [0.5, 0.6) is 0 Å². The van der Waals surface area contributed by atoms with E-state index in [1.165, 1.54) is 0 Å². The normalized spacial score (nSPS) is 27.2. The zero-order valence-electron chi connectivity index (χ0n) is 15.3. The zero-order chi connectivity index (χ0) is 17.6. The molecule has 2 aliphatic heterocycles. The first-order valence-corrected chi connectivity index (χ1v) is 9.64. The molecule has 4 rings (SSSR count). The number of carbonyl (C=O) groups excluding carboxylic acids is 2. The first-order chi connectivity index (χ1) is 12.0. The molecule has 3 fully saturated rings. The third-order valence-electron chi connectivity index (χ3n) is 5.89. The highest BCUT2D eigenvalue weighted by atomic mass is 16.2. The van der Waals surface area contributed by atoms with Gasteiger partial charge in [-0.3, -0.25) is 14.3 Å². The lowest BCUT2D eigenvalue weighted by Crippen LogP contribution is -2.48. The van der Waals surface area contributed by atoms with Crippen molar-refractivity contribution >= 4 is 11.8 Å². The number of carbonyl (C=O) groups is 2. The third kappa shape index (κ3) is 3.31. The molecule has 6 heteroatoms. The maximum atomic E-state index is 13.1. The lowest BCUT2D eigenvalue weighted by Gasteiger charge is -2.37. The van der Waals surface area contributed by atoms with E-state index < -0.39 is 0 Å². The SMILES string of the molecule is Cc1cc(C)n(CC2CCCCN2C(=O)C2CC(=O)N(C3CC3)C2)n1. The Morgan fingerprint density at radius 1 is 1.24 bits per heavy atom. The van der Waals surface area contributed by atoms with Gasteiger partial charge in [-0.1, -0.05) is 0 Å². The van der Waals surface area contributed by atoms with Gasteiger partial charge in [0.25, 0.3) is 0 Å². The predicted molar refractivity (Wildman–Crippen MR) is 93.9 cm³/mol. The summed E-state index contributed by atoms with van der Waals surface area (Å²) >= 11 is 0. The van der Waals surface area contributed by atoms with E-state index in [4.69, 9.17) is 0 Å². The summed E-state index contributed by atoms with van der Waals surface area (Å²) in [4.78, 5) is 29.4. The average molecular weight is 344 g/mol. The summed E-state index contributed by atoms with van der Waals surface area (Å²) in [6, 6.07) is 2.69. The van der Waals surface area contributed by atoms with Crippen LogP contribution in [-0.2, 0) is 16.1 Å². The summed E-state index contributed by atoms with van der Waals surface area (Å²) in [5.41, 5.74) is 2.17. The lowest BCUT2D eigenvalue weighted by atomic mass is 9.98. The van der Waals surface area contributed by atoms with Gasteiger partial charge in [-0.05, 0) is 52.0 Å². The molecule has 6 nitrogen and oxygen atoms in total. The van der Waals surface area contributed by atoms with Crippen LogP contribution in [0.15, 0.2) is 6.07 Å². The topological polar surface area (TPSA) is 58.4 Å². The van der Waals surface area contributed by atoms with Crippen LogP contribution in [0.3, 0.4) is 0 Å². The molecule has 3 heterocycles. The molecule has 0 N–H and O–H groups in total. The van der Waals surface area contributed by atoms with Crippen molar-refractivity contribution in [2.24, 2.45) is 5.92 Å². The molecule has 2 unspecified atom stereocenters. The summed E-state index contributed by atoms with van der Waals surface area (Å²) in [7, 11) is 0. The van der Waals surface area contributed by atoms with E-state index in [1.54, 1.807) is 0 Å². The maximum Gasteiger partial charge on any atom is 0.228 e. The van der Waals surface area contributed by atoms with Crippen molar-refractivity contribution in [3.05, 3.63) is 17.5 Å². The van der Waals surface area contributed by atoms with E-state index in [-0.39, 0.29) is 23.8 Å². The number of piperidine rings is 1. The van der Waals surface area contributed by atoms with Crippen LogP contribution in [0.25, 0.3) is 0 Å². The second-order valence-corrected chi connectivity index (χ2v) is 7.97. The Morgan fingerprint density at radius 2 is 2.04 bits per heavy atom. The Bertz CT molecular complexity index is 679. The van der Waals surface area contributed by atoms with Crippen molar-refractivity contribution in [3.8, 4) is 0 Å². The molecule has 1 aliphatic carbocycles. The van der Waals surface area contributed by atoms with Crippen LogP contribution in [0.2, 0.25) is 0 Å². The van der Waals surface area contributed by atoms with Gasteiger partial charge in [0.1, 0.15) is 0 Å². The molecule has 136 valence electrons. The van der Waals surface area contributed by atoms with Crippen LogP contribution in [0.4, 0.5) is 0 Å². The summed E-state index contributed by atoms with van der Waals surface area (Å²) in [6.45, 7) is 6.28. The Labute approximate surface area is 149 Å². The molecular formula is C19H28N4O2. The van der Waals surface area contributed by atoms with Crippen molar-refractivity contribution in [3.63, 3.8) is 0 Å². The molecule has 25 heavy (non-hydrogen) atoms. The van der Waals surface area contributed by atoms with E-state index in [9.17, 15) is 9.59 Å². The van der Waals surface area contributed by atoms with Gasteiger partial charge < -0.3 is 9.80 Å². The highest BCUT2D eigenvalue weighted by Gasteiger charge is 2.43. The minimum Gasteiger partial charge on any atom is -0.339 e. The van der Waals surface area contributed by atoms with E-state index in [2.05, 4.69) is 18.1 Å². The van der Waals surface area contributed by atoms with Gasteiger partial charge in [0.15, 0.2) is 0 Å². The van der Waals surface area contributed by atoms with E-state index >= 15 is 0 Å². The van der Waals surface area contributed by atoms with Gasteiger partial charge >= 0.3 is 0 Å². The standard InChI is InChI=1S/C19H28N4O2/c1-13-9-14(2)23(20-13)12-17-5-3-4-8-21(17)19(25)15-10-18(24)22(11-15)16-6-7-16/h9,15-17H,3-8,10-12H2,1-2H3. The smallest absolute Gasteiger partial charge is 0.228 e. The third-order valence-corrected chi connectivity index (χ3v) is 5.89. The van der Waals surface area contributed by atoms with Crippen LogP contribution in [-0.4, -0.2) is 56.6 Å². The highest BCUT2D eigenvalue weighted by Crippen LogP contribution is 2.34. The van der Waals surface area contributed by atoms with E-state index in [0.717, 1.165) is 56.6 Å². The van der Waals surface area contributed by atoms with Crippen LogP contribution in [0, 0.1) is 19.8 Å². The fraction of sp³-hybridized carbons (Fsp3) is 0.737. The number of hydrogen-bond acceptors (Lipinski definition) is 3. The number of aromatic nitrogens is 2. The zero-order valence-corrected chi connectivity index (χ0v) is 15.3. The molecule has 1 aromatic heterocycles. The van der Waals surface area contributed by atoms with Crippen LogP contribution < -0.4 is 0 Å². The minimum absolute atomic E-state index is 0.144. The first-order valence-electron chi connectivity index (χ1n) is 9.64. The largest absolute Gasteiger partial charge is 0.339 e. The Balaban J connectivity index is 1.46. The van der Waals surface area contributed by atoms with E-state index in [0.29, 0.717) is 19.0 Å². The number of hydrogen-bond donors (Lipinski definition) is 0.